The fraction of sp³-hybridized carbons (Fsp3) is 0.913. The van der Waals surface area contributed by atoms with Gasteiger partial charge >= 0.3 is 0 Å². The Labute approximate surface area is 159 Å². The summed E-state index contributed by atoms with van der Waals surface area (Å²) in [5, 5.41) is 0. The Hall–Kier alpha value is -0.660. The van der Waals surface area contributed by atoms with Gasteiger partial charge in [0, 0.05) is 25.5 Å². The van der Waals surface area contributed by atoms with Crippen molar-refractivity contribution in [3.05, 3.63) is 12.4 Å². The third-order valence-electron chi connectivity index (χ3n) is 5.41. The lowest BCUT2D eigenvalue weighted by atomic mass is 10.0. The molecule has 0 aromatic rings. The van der Waals surface area contributed by atoms with Crippen molar-refractivity contribution in [3.63, 3.8) is 0 Å². The van der Waals surface area contributed by atoms with Gasteiger partial charge in [-0.2, -0.15) is 0 Å². The highest BCUT2D eigenvalue weighted by molar-refractivity contribution is 4.90. The first-order valence-electron chi connectivity index (χ1n) is 11.5. The van der Waals surface area contributed by atoms with Crippen molar-refractivity contribution >= 4 is 0 Å². The van der Waals surface area contributed by atoms with Crippen LogP contribution in [0.4, 0.5) is 0 Å². The van der Waals surface area contributed by atoms with Gasteiger partial charge in [0.15, 0.2) is 0 Å². The summed E-state index contributed by atoms with van der Waals surface area (Å²) in [4.78, 5) is 4.89. The van der Waals surface area contributed by atoms with Gasteiger partial charge in [-0.25, -0.2) is 0 Å². The van der Waals surface area contributed by atoms with Crippen molar-refractivity contribution in [2.24, 2.45) is 0 Å². The van der Waals surface area contributed by atoms with E-state index < -0.39 is 0 Å². The zero-order valence-corrected chi connectivity index (χ0v) is 17.5. The van der Waals surface area contributed by atoms with E-state index in [-0.39, 0.29) is 0 Å². The van der Waals surface area contributed by atoms with E-state index >= 15 is 0 Å². The summed E-state index contributed by atoms with van der Waals surface area (Å²) >= 11 is 0. The monoisotopic (exact) mass is 350 g/mol. The first kappa shape index (κ1) is 22.4. The molecule has 0 fully saturated rings. The normalized spacial score (nSPS) is 14.0. The molecule has 1 aliphatic heterocycles. The number of rotatable bonds is 18. The number of unbranched alkanes of at least 4 members (excludes halogenated alkanes) is 14. The quantitative estimate of drug-likeness (QED) is 0.239. The highest BCUT2D eigenvalue weighted by Gasteiger charge is 2.09. The maximum absolute atomic E-state index is 2.47. The fourth-order valence-electron chi connectivity index (χ4n) is 3.78. The van der Waals surface area contributed by atoms with Gasteiger partial charge in [-0.1, -0.05) is 104 Å². The second-order valence-electron chi connectivity index (χ2n) is 8.01. The molecule has 0 saturated carbocycles. The predicted molar refractivity (Wildman–Crippen MR) is 113 cm³/mol. The van der Waals surface area contributed by atoms with Crippen LogP contribution in [0.15, 0.2) is 12.4 Å². The summed E-state index contributed by atoms with van der Waals surface area (Å²) < 4.78 is 0. The molecule has 1 aliphatic rings. The van der Waals surface area contributed by atoms with E-state index in [4.69, 9.17) is 0 Å². The Morgan fingerprint density at radius 3 is 1.32 bits per heavy atom. The van der Waals surface area contributed by atoms with Crippen molar-refractivity contribution in [1.82, 2.24) is 9.80 Å². The molecule has 0 radical (unpaired) electrons. The smallest absolute Gasteiger partial charge is 0.0893 e. The van der Waals surface area contributed by atoms with E-state index in [1.807, 2.05) is 0 Å². The molecule has 0 spiro atoms. The number of hydrogen-bond donors (Lipinski definition) is 0. The average molecular weight is 351 g/mol. The summed E-state index contributed by atoms with van der Waals surface area (Å²) in [5.74, 6) is 0. The number of nitrogens with zero attached hydrogens (tertiary/aromatic N) is 2. The third kappa shape index (κ3) is 13.2. The molecule has 0 saturated heterocycles. The molecular weight excluding hydrogens is 304 g/mol. The molecule has 148 valence electrons. The van der Waals surface area contributed by atoms with Gasteiger partial charge in [-0.15, -0.1) is 0 Å². The predicted octanol–water partition coefficient (Wildman–Crippen LogP) is 7.31. The van der Waals surface area contributed by atoms with Crippen LogP contribution >= 0.6 is 0 Å². The Morgan fingerprint density at radius 2 is 0.880 bits per heavy atom. The van der Waals surface area contributed by atoms with Gasteiger partial charge < -0.3 is 9.80 Å². The minimum atomic E-state index is 1.12. The molecule has 0 aromatic heterocycles. The van der Waals surface area contributed by atoms with Crippen LogP contribution in [0, 0.1) is 0 Å². The highest BCUT2D eigenvalue weighted by Crippen LogP contribution is 2.14. The van der Waals surface area contributed by atoms with Gasteiger partial charge in [0.1, 0.15) is 0 Å². The van der Waals surface area contributed by atoms with Crippen molar-refractivity contribution in [3.8, 4) is 0 Å². The van der Waals surface area contributed by atoms with Crippen LogP contribution in [-0.4, -0.2) is 29.6 Å². The van der Waals surface area contributed by atoms with Crippen LogP contribution in [-0.2, 0) is 0 Å². The largest absolute Gasteiger partial charge is 0.359 e. The molecule has 0 aliphatic carbocycles. The molecule has 1 rings (SSSR count). The summed E-state index contributed by atoms with van der Waals surface area (Å²) in [7, 11) is 0. The van der Waals surface area contributed by atoms with Crippen molar-refractivity contribution < 1.29 is 0 Å². The van der Waals surface area contributed by atoms with Crippen molar-refractivity contribution in [1.29, 1.82) is 0 Å². The highest BCUT2D eigenvalue weighted by atomic mass is 15.3. The molecule has 2 heteroatoms. The lowest BCUT2D eigenvalue weighted by molar-refractivity contribution is 0.261. The second kappa shape index (κ2) is 16.8. The molecule has 0 N–H and O–H groups in total. The van der Waals surface area contributed by atoms with E-state index in [9.17, 15) is 0 Å². The Bertz CT molecular complexity index is 300. The van der Waals surface area contributed by atoms with Crippen molar-refractivity contribution in [2.75, 3.05) is 19.8 Å². The summed E-state index contributed by atoms with van der Waals surface area (Å²) in [6.07, 6.45) is 27.5. The van der Waals surface area contributed by atoms with Crippen LogP contribution < -0.4 is 0 Å². The Balaban J connectivity index is 1.72. The minimum Gasteiger partial charge on any atom is -0.359 e. The molecule has 0 bridgehead atoms. The van der Waals surface area contributed by atoms with Gasteiger partial charge in [-0.05, 0) is 12.8 Å². The van der Waals surface area contributed by atoms with E-state index in [1.165, 1.54) is 116 Å². The molecule has 25 heavy (non-hydrogen) atoms. The lowest BCUT2D eigenvalue weighted by Crippen LogP contribution is -2.26. The van der Waals surface area contributed by atoms with Crippen LogP contribution in [0.25, 0.3) is 0 Å². The van der Waals surface area contributed by atoms with E-state index in [1.54, 1.807) is 0 Å². The lowest BCUT2D eigenvalue weighted by Gasteiger charge is -2.20. The SMILES string of the molecule is CCCCCCCCCCCCCCCCCN1C=CN(CCC)C1. The molecular formula is C23H46N2. The zero-order chi connectivity index (χ0) is 18.0. The standard InChI is InChI=1S/C23H46N2/c1-3-5-6-7-8-9-10-11-12-13-14-15-16-17-18-20-25-22-21-24(23-25)19-4-2/h21-22H,3-20,23H2,1-2H3. The third-order valence-corrected chi connectivity index (χ3v) is 5.41. The summed E-state index contributed by atoms with van der Waals surface area (Å²) in [5.41, 5.74) is 0. The molecule has 1 heterocycles. The minimum absolute atomic E-state index is 1.12. The summed E-state index contributed by atoms with van der Waals surface area (Å²) in [6, 6.07) is 0. The van der Waals surface area contributed by atoms with Gasteiger partial charge in [0.25, 0.3) is 0 Å². The second-order valence-corrected chi connectivity index (χ2v) is 8.01. The fourth-order valence-corrected chi connectivity index (χ4v) is 3.78. The van der Waals surface area contributed by atoms with E-state index in [0.717, 1.165) is 6.67 Å². The van der Waals surface area contributed by atoms with Crippen LogP contribution in [0.5, 0.6) is 0 Å². The summed E-state index contributed by atoms with van der Waals surface area (Å²) in [6.45, 7) is 8.12. The van der Waals surface area contributed by atoms with Crippen molar-refractivity contribution in [2.45, 2.75) is 117 Å². The number of hydrogen-bond acceptors (Lipinski definition) is 2. The van der Waals surface area contributed by atoms with Crippen LogP contribution in [0.2, 0.25) is 0 Å². The van der Waals surface area contributed by atoms with E-state index in [2.05, 4.69) is 36.0 Å². The van der Waals surface area contributed by atoms with Crippen LogP contribution in [0.3, 0.4) is 0 Å². The zero-order valence-electron chi connectivity index (χ0n) is 17.5. The van der Waals surface area contributed by atoms with E-state index in [0.29, 0.717) is 0 Å². The Kier molecular flexibility index (Phi) is 15.0. The van der Waals surface area contributed by atoms with Gasteiger partial charge in [0.2, 0.25) is 0 Å². The van der Waals surface area contributed by atoms with Crippen LogP contribution in [0.1, 0.15) is 117 Å². The maximum Gasteiger partial charge on any atom is 0.0893 e. The first-order chi connectivity index (χ1) is 12.4. The topological polar surface area (TPSA) is 6.48 Å². The molecule has 0 amide bonds. The van der Waals surface area contributed by atoms with Gasteiger partial charge in [-0.3, -0.25) is 0 Å². The average Bonchev–Trinajstić information content (AvgIpc) is 3.06. The molecule has 0 atom stereocenters. The molecule has 0 aromatic carbocycles. The molecule has 0 unspecified atom stereocenters. The first-order valence-corrected chi connectivity index (χ1v) is 11.5. The Morgan fingerprint density at radius 1 is 0.480 bits per heavy atom. The molecule has 2 nitrogen and oxygen atoms in total. The maximum atomic E-state index is 2.47. The van der Waals surface area contributed by atoms with Gasteiger partial charge in [0.05, 0.1) is 6.67 Å².